The molecular weight excluding hydrogens is 997 g/mol. The molecule has 0 fully saturated rings. The van der Waals surface area contributed by atoms with Gasteiger partial charge in [0.1, 0.15) is 36.2 Å². The molecule has 9 nitrogen and oxygen atoms in total. The SMILES string of the molecule is C=C(C)C(=O)OCCOc1c2cc(CCCCCCC)cc1Cc1cc(CCCCCCC)cc(c1OCCCO)Cc1cc(CCCCCCC)cc(c1OCCCO)Cc1cc(CCCCCCC)cc(c1OCCCO)C2. The van der Waals surface area contributed by atoms with Crippen molar-refractivity contribution in [2.24, 2.45) is 0 Å². The fourth-order valence-corrected chi connectivity index (χ4v) is 11.3. The third kappa shape index (κ3) is 22.8. The highest BCUT2D eigenvalue weighted by atomic mass is 16.6. The molecule has 0 radical (unpaired) electrons. The van der Waals surface area contributed by atoms with Crippen molar-refractivity contribution in [1.29, 1.82) is 0 Å². The lowest BCUT2D eigenvalue weighted by atomic mass is 9.86. The molecule has 0 heterocycles. The average Bonchev–Trinajstić information content (AvgIpc) is 3.44. The second kappa shape index (κ2) is 38.8. The molecule has 80 heavy (non-hydrogen) atoms. The molecule has 8 bridgehead atoms. The van der Waals surface area contributed by atoms with E-state index in [9.17, 15) is 20.1 Å². The number of esters is 1. The predicted molar refractivity (Wildman–Crippen MR) is 330 cm³/mol. The van der Waals surface area contributed by atoms with Crippen LogP contribution in [-0.2, 0) is 60.9 Å². The number of aryl methyl sites for hydroxylation is 4. The lowest BCUT2D eigenvalue weighted by Gasteiger charge is -2.25. The minimum absolute atomic E-state index is 0.0248. The van der Waals surface area contributed by atoms with Gasteiger partial charge in [0.2, 0.25) is 0 Å². The lowest BCUT2D eigenvalue weighted by Crippen LogP contribution is -2.15. The van der Waals surface area contributed by atoms with Crippen molar-refractivity contribution in [2.75, 3.05) is 52.9 Å². The summed E-state index contributed by atoms with van der Waals surface area (Å²) >= 11 is 0. The van der Waals surface area contributed by atoms with Gasteiger partial charge in [-0.3, -0.25) is 0 Å². The molecule has 0 atom stereocenters. The Morgan fingerprint density at radius 3 is 0.825 bits per heavy atom. The molecule has 0 spiro atoms. The topological polar surface area (TPSA) is 124 Å². The minimum Gasteiger partial charge on any atom is -0.493 e. The summed E-state index contributed by atoms with van der Waals surface area (Å²) in [6, 6.07) is 19.0. The Morgan fingerprint density at radius 1 is 0.362 bits per heavy atom. The van der Waals surface area contributed by atoms with E-state index in [-0.39, 0.29) is 33.0 Å². The summed E-state index contributed by atoms with van der Waals surface area (Å²) in [4.78, 5) is 12.7. The number of fused-ring (bicyclic) bond motifs is 8. The largest absolute Gasteiger partial charge is 0.493 e. The van der Waals surface area contributed by atoms with Gasteiger partial charge < -0.3 is 39.0 Å². The lowest BCUT2D eigenvalue weighted by molar-refractivity contribution is -0.139. The Balaban J connectivity index is 1.89. The zero-order valence-electron chi connectivity index (χ0n) is 50.7. The van der Waals surface area contributed by atoms with E-state index in [4.69, 9.17) is 23.7 Å². The van der Waals surface area contributed by atoms with Gasteiger partial charge in [-0.2, -0.15) is 0 Å². The molecule has 0 unspecified atom stereocenters. The van der Waals surface area contributed by atoms with E-state index in [1.807, 2.05) is 0 Å². The van der Waals surface area contributed by atoms with Crippen LogP contribution in [0.5, 0.6) is 23.0 Å². The van der Waals surface area contributed by atoms with Crippen LogP contribution >= 0.6 is 0 Å². The van der Waals surface area contributed by atoms with Crippen LogP contribution in [0.25, 0.3) is 0 Å². The van der Waals surface area contributed by atoms with Crippen LogP contribution in [0, 0.1) is 0 Å². The number of carbonyl (C=O) groups is 1. The van der Waals surface area contributed by atoms with E-state index in [1.165, 1.54) is 119 Å². The van der Waals surface area contributed by atoms with Crippen LogP contribution in [0.4, 0.5) is 0 Å². The summed E-state index contributed by atoms with van der Waals surface area (Å²) < 4.78 is 33.7. The molecule has 3 N–H and O–H groups in total. The van der Waals surface area contributed by atoms with Crippen molar-refractivity contribution in [3.63, 3.8) is 0 Å². The molecule has 5 rings (SSSR count). The van der Waals surface area contributed by atoms with Crippen LogP contribution in [-0.4, -0.2) is 74.1 Å². The smallest absolute Gasteiger partial charge is 0.333 e. The Labute approximate surface area is 484 Å². The number of aliphatic hydroxyl groups is 3. The number of carbonyl (C=O) groups excluding carboxylic acids is 1. The fraction of sp³-hybridized carbons (Fsp3) is 0.620. The third-order valence-electron chi connectivity index (χ3n) is 15.6. The van der Waals surface area contributed by atoms with Crippen molar-refractivity contribution in [1.82, 2.24) is 0 Å². The third-order valence-corrected chi connectivity index (χ3v) is 15.6. The first kappa shape index (κ1) is 66.0. The molecule has 1 aliphatic rings. The Bertz CT molecular complexity index is 2290. The van der Waals surface area contributed by atoms with Gasteiger partial charge >= 0.3 is 5.97 Å². The van der Waals surface area contributed by atoms with Crippen LogP contribution in [0.1, 0.15) is 249 Å². The maximum absolute atomic E-state index is 12.7. The summed E-state index contributed by atoms with van der Waals surface area (Å²) in [6.45, 7) is 16.0. The van der Waals surface area contributed by atoms with Gasteiger partial charge in [-0.05, 0) is 125 Å². The molecule has 1 aliphatic carbocycles. The average molecular weight is 1100 g/mol. The first-order valence-corrected chi connectivity index (χ1v) is 31.9. The molecule has 0 aromatic heterocycles. The molecule has 0 saturated heterocycles. The van der Waals surface area contributed by atoms with Crippen LogP contribution < -0.4 is 18.9 Å². The number of ether oxygens (including phenoxy) is 5. The molecule has 0 amide bonds. The molecule has 4 aromatic carbocycles. The van der Waals surface area contributed by atoms with Gasteiger partial charge in [0.25, 0.3) is 0 Å². The van der Waals surface area contributed by atoms with E-state index in [0.717, 1.165) is 125 Å². The Hall–Kier alpha value is -4.83. The monoisotopic (exact) mass is 1100 g/mol. The molecule has 0 saturated carbocycles. The predicted octanol–water partition coefficient (Wildman–Crippen LogP) is 16.2. The van der Waals surface area contributed by atoms with E-state index >= 15 is 0 Å². The summed E-state index contributed by atoms with van der Waals surface area (Å²) in [5, 5.41) is 30.5. The van der Waals surface area contributed by atoms with Gasteiger partial charge in [-0.25, -0.2) is 4.79 Å². The van der Waals surface area contributed by atoms with Gasteiger partial charge in [0.05, 0.1) is 19.8 Å². The standard InChI is InChI=1S/C71H106O9/c1-7-11-15-19-23-30-55-42-59-50-61-44-56(31-24-20-16-12-8-2)46-63(68(61)77-38-28-35-73)52-65-48-58(33-26-22-18-14-10-4)49-66(70(65)79-40-41-80-71(75)54(5)6)53-64-47-57(32-25-21-17-13-9-3)45-62(69(64)78-39-29-36-74)51-60(43-55)67(59)76-37-27-34-72/h42-49,72-74H,5,7-41,50-53H2,1-4,6H3. The van der Waals surface area contributed by atoms with E-state index in [2.05, 4.69) is 82.8 Å². The van der Waals surface area contributed by atoms with Gasteiger partial charge in [-0.15, -0.1) is 0 Å². The zero-order chi connectivity index (χ0) is 57.2. The summed E-state index contributed by atoms with van der Waals surface area (Å²) in [5.74, 6) is 2.89. The van der Waals surface area contributed by atoms with Crippen molar-refractivity contribution < 1.29 is 43.8 Å². The number of rotatable bonds is 41. The Kier molecular flexibility index (Phi) is 32.0. The Morgan fingerprint density at radius 2 is 0.600 bits per heavy atom. The quantitative estimate of drug-likeness (QED) is 0.0199. The molecule has 0 aliphatic heterocycles. The van der Waals surface area contributed by atoms with E-state index < -0.39 is 5.97 Å². The van der Waals surface area contributed by atoms with Crippen molar-refractivity contribution in [3.05, 3.63) is 127 Å². The number of hydrogen-bond acceptors (Lipinski definition) is 9. The molecular formula is C71H106O9. The first-order chi connectivity index (χ1) is 39.2. The summed E-state index contributed by atoms with van der Waals surface area (Å²) in [7, 11) is 0. The van der Waals surface area contributed by atoms with E-state index in [1.54, 1.807) is 6.92 Å². The van der Waals surface area contributed by atoms with Crippen molar-refractivity contribution in [3.8, 4) is 23.0 Å². The second-order valence-electron chi connectivity index (χ2n) is 22.9. The molecule has 4 aromatic rings. The highest BCUT2D eigenvalue weighted by molar-refractivity contribution is 5.86. The summed E-state index contributed by atoms with van der Waals surface area (Å²) in [5.41, 5.74) is 14.1. The minimum atomic E-state index is -0.438. The highest BCUT2D eigenvalue weighted by Crippen LogP contribution is 2.42. The van der Waals surface area contributed by atoms with Crippen LogP contribution in [0.15, 0.2) is 60.7 Å². The van der Waals surface area contributed by atoms with Crippen molar-refractivity contribution in [2.45, 2.75) is 234 Å². The maximum Gasteiger partial charge on any atom is 0.333 e. The van der Waals surface area contributed by atoms with Crippen molar-refractivity contribution >= 4 is 5.97 Å². The summed E-state index contributed by atoms with van der Waals surface area (Å²) in [6.07, 6.45) is 31.1. The second-order valence-corrected chi connectivity index (χ2v) is 22.9. The first-order valence-electron chi connectivity index (χ1n) is 31.9. The number of hydrogen-bond donors (Lipinski definition) is 3. The number of unbranched alkanes of at least 4 members (excludes halogenated alkanes) is 16. The molecule has 444 valence electrons. The normalized spacial score (nSPS) is 12.2. The van der Waals surface area contributed by atoms with Gasteiger partial charge in [-0.1, -0.05) is 186 Å². The van der Waals surface area contributed by atoms with E-state index in [0.29, 0.717) is 70.3 Å². The maximum atomic E-state index is 12.7. The number of aliphatic hydroxyl groups excluding tert-OH is 3. The van der Waals surface area contributed by atoms with Crippen LogP contribution in [0.2, 0.25) is 0 Å². The van der Waals surface area contributed by atoms with Gasteiger partial charge in [0.15, 0.2) is 0 Å². The molecule has 9 heteroatoms. The van der Waals surface area contributed by atoms with Crippen LogP contribution in [0.3, 0.4) is 0 Å². The highest BCUT2D eigenvalue weighted by Gasteiger charge is 2.25. The number of benzene rings is 4. The van der Waals surface area contributed by atoms with Gasteiger partial charge in [0, 0.05) is 70.3 Å². The fourth-order valence-electron chi connectivity index (χ4n) is 11.3. The zero-order valence-corrected chi connectivity index (χ0v) is 50.7.